The van der Waals surface area contributed by atoms with Crippen molar-refractivity contribution in [2.24, 2.45) is 11.7 Å². The number of amides is 2. The van der Waals surface area contributed by atoms with Crippen LogP contribution in [0.4, 0.5) is 17.1 Å². The second kappa shape index (κ2) is 9.35. The zero-order valence-electron chi connectivity index (χ0n) is 17.8. The van der Waals surface area contributed by atoms with E-state index in [2.05, 4.69) is 15.5 Å². The molecule has 2 amide bonds. The zero-order valence-corrected chi connectivity index (χ0v) is 17.8. The van der Waals surface area contributed by atoms with Gasteiger partial charge >= 0.3 is 0 Å². The Kier molecular flexibility index (Phi) is 6.36. The van der Waals surface area contributed by atoms with E-state index in [0.717, 1.165) is 37.8 Å². The van der Waals surface area contributed by atoms with Crippen LogP contribution in [0.25, 0.3) is 0 Å². The molecular weight excluding hydrogens is 410 g/mol. The van der Waals surface area contributed by atoms with Gasteiger partial charge in [-0.2, -0.15) is 0 Å². The minimum atomic E-state index is -0.473. The number of rotatable bonds is 8. The molecule has 1 unspecified atom stereocenters. The van der Waals surface area contributed by atoms with Gasteiger partial charge in [-0.3, -0.25) is 24.6 Å². The molecule has 32 heavy (non-hydrogen) atoms. The Hall–Kier alpha value is -3.46. The van der Waals surface area contributed by atoms with Gasteiger partial charge in [0.15, 0.2) is 0 Å². The predicted octanol–water partition coefficient (Wildman–Crippen LogP) is 3.12. The average Bonchev–Trinajstić information content (AvgIpc) is 3.59. The number of carbonyl (C=O) groups excluding carboxylic acids is 2. The van der Waals surface area contributed by atoms with Gasteiger partial charge in [0.2, 0.25) is 5.91 Å². The Morgan fingerprint density at radius 1 is 1.12 bits per heavy atom. The number of carbonyl (C=O) groups is 2. The third-order valence-corrected chi connectivity index (χ3v) is 5.92. The molecule has 0 aromatic heterocycles. The largest absolute Gasteiger partial charge is 0.377 e. The number of piperidine rings is 1. The lowest BCUT2D eigenvalue weighted by molar-refractivity contribution is -0.384. The summed E-state index contributed by atoms with van der Waals surface area (Å²) in [5, 5.41) is 17.3. The summed E-state index contributed by atoms with van der Waals surface area (Å²) in [6, 6.07) is 12.2. The van der Waals surface area contributed by atoms with Crippen LogP contribution in [-0.2, 0) is 11.3 Å². The lowest BCUT2D eigenvalue weighted by atomic mass is 9.97. The van der Waals surface area contributed by atoms with Crippen molar-refractivity contribution in [1.82, 2.24) is 4.90 Å². The van der Waals surface area contributed by atoms with Crippen LogP contribution in [0.1, 0.15) is 41.6 Å². The van der Waals surface area contributed by atoms with Gasteiger partial charge in [-0.1, -0.05) is 12.1 Å². The number of nitro benzene ring substituents is 1. The van der Waals surface area contributed by atoms with E-state index in [9.17, 15) is 19.7 Å². The maximum atomic E-state index is 12.6. The van der Waals surface area contributed by atoms with Crippen LogP contribution < -0.4 is 16.4 Å². The molecule has 0 bridgehead atoms. The van der Waals surface area contributed by atoms with E-state index in [0.29, 0.717) is 24.5 Å². The third kappa shape index (κ3) is 5.42. The summed E-state index contributed by atoms with van der Waals surface area (Å²) in [5.74, 6) is -0.749. The molecule has 1 saturated heterocycles. The van der Waals surface area contributed by atoms with Crippen LogP contribution in [0.2, 0.25) is 0 Å². The third-order valence-electron chi connectivity index (χ3n) is 5.92. The van der Waals surface area contributed by atoms with Crippen molar-refractivity contribution in [3.05, 3.63) is 63.7 Å². The molecule has 2 aromatic carbocycles. The molecule has 9 heteroatoms. The number of nitrogens with two attached hydrogens (primary N) is 1. The number of anilines is 2. The van der Waals surface area contributed by atoms with Gasteiger partial charge in [0.05, 0.1) is 10.8 Å². The first-order valence-corrected chi connectivity index (χ1v) is 10.9. The van der Waals surface area contributed by atoms with Crippen molar-refractivity contribution < 1.29 is 14.5 Å². The number of benzene rings is 2. The summed E-state index contributed by atoms with van der Waals surface area (Å²) in [6.45, 7) is 2.30. The maximum absolute atomic E-state index is 12.6. The quantitative estimate of drug-likeness (QED) is 0.430. The first-order valence-electron chi connectivity index (χ1n) is 10.9. The molecule has 0 spiro atoms. The molecule has 4 N–H and O–H groups in total. The van der Waals surface area contributed by atoms with Crippen LogP contribution in [-0.4, -0.2) is 40.8 Å². The Labute approximate surface area is 186 Å². The number of likely N-dealkylation sites (tertiary alicyclic amines) is 1. The van der Waals surface area contributed by atoms with Gasteiger partial charge in [-0.15, -0.1) is 0 Å². The van der Waals surface area contributed by atoms with Crippen molar-refractivity contribution in [3.63, 3.8) is 0 Å². The molecule has 9 nitrogen and oxygen atoms in total. The summed E-state index contributed by atoms with van der Waals surface area (Å²) < 4.78 is 0. The van der Waals surface area contributed by atoms with E-state index >= 15 is 0 Å². The fraction of sp³-hybridized carbons (Fsp3) is 0.391. The molecule has 2 aromatic rings. The zero-order chi connectivity index (χ0) is 22.7. The molecule has 1 heterocycles. The lowest BCUT2D eigenvalue weighted by Gasteiger charge is -2.31. The maximum Gasteiger partial charge on any atom is 0.293 e. The van der Waals surface area contributed by atoms with E-state index in [4.69, 9.17) is 5.73 Å². The minimum absolute atomic E-state index is 0.0998. The van der Waals surface area contributed by atoms with Crippen LogP contribution in [0.15, 0.2) is 42.5 Å². The minimum Gasteiger partial charge on any atom is -0.377 e. The van der Waals surface area contributed by atoms with Gasteiger partial charge in [-0.25, -0.2) is 0 Å². The Morgan fingerprint density at radius 3 is 2.53 bits per heavy atom. The van der Waals surface area contributed by atoms with Gasteiger partial charge in [0.1, 0.15) is 5.69 Å². The Bertz CT molecular complexity index is 1020. The highest BCUT2D eigenvalue weighted by Gasteiger charge is 2.26. The van der Waals surface area contributed by atoms with Crippen molar-refractivity contribution in [2.75, 3.05) is 23.7 Å². The van der Waals surface area contributed by atoms with Crippen molar-refractivity contribution >= 4 is 28.9 Å². The normalized spacial score (nSPS) is 18.7. The van der Waals surface area contributed by atoms with E-state index in [1.807, 2.05) is 12.1 Å². The van der Waals surface area contributed by atoms with Gasteiger partial charge in [0, 0.05) is 36.4 Å². The molecule has 168 valence electrons. The number of hydrogen-bond acceptors (Lipinski definition) is 6. The summed E-state index contributed by atoms with van der Waals surface area (Å²) in [6.07, 6.45) is 3.78. The highest BCUT2D eigenvalue weighted by Crippen LogP contribution is 2.31. The molecule has 1 saturated carbocycles. The fourth-order valence-corrected chi connectivity index (χ4v) is 3.98. The predicted molar refractivity (Wildman–Crippen MR) is 121 cm³/mol. The molecular formula is C23H27N5O4. The van der Waals surface area contributed by atoms with Gasteiger partial charge in [-0.05, 0) is 62.1 Å². The van der Waals surface area contributed by atoms with Crippen molar-refractivity contribution in [1.29, 1.82) is 0 Å². The monoisotopic (exact) mass is 437 g/mol. The standard InChI is InChI=1S/C23H27N5O4/c24-22(29)17-2-1-11-27(14-17)13-15-3-6-19(7-4-15)26-23(30)16-5-10-20(25-18-8-9-18)21(12-16)28(31)32/h3-7,10,12,17-18,25H,1-2,8-9,11,13-14H2,(H2,24,29)(H,26,30). The fourth-order valence-electron chi connectivity index (χ4n) is 3.98. The molecule has 4 rings (SSSR count). The van der Waals surface area contributed by atoms with Gasteiger partial charge in [0.25, 0.3) is 11.6 Å². The van der Waals surface area contributed by atoms with E-state index in [1.54, 1.807) is 24.3 Å². The second-order valence-corrected chi connectivity index (χ2v) is 8.54. The number of hydrogen-bond donors (Lipinski definition) is 3. The summed E-state index contributed by atoms with van der Waals surface area (Å²) >= 11 is 0. The van der Waals surface area contributed by atoms with E-state index < -0.39 is 10.8 Å². The molecule has 2 fully saturated rings. The van der Waals surface area contributed by atoms with Crippen LogP contribution in [0.3, 0.4) is 0 Å². The van der Waals surface area contributed by atoms with Crippen LogP contribution in [0, 0.1) is 16.0 Å². The topological polar surface area (TPSA) is 131 Å². The smallest absolute Gasteiger partial charge is 0.293 e. The van der Waals surface area contributed by atoms with Gasteiger partial charge < -0.3 is 16.4 Å². The SMILES string of the molecule is NC(=O)C1CCCN(Cc2ccc(NC(=O)c3ccc(NC4CC4)c([N+](=O)[O-])c3)cc2)C1. The highest BCUT2D eigenvalue weighted by atomic mass is 16.6. The molecule has 1 aliphatic carbocycles. The molecule has 1 atom stereocenters. The van der Waals surface area contributed by atoms with E-state index in [-0.39, 0.29) is 29.1 Å². The first kappa shape index (κ1) is 21.8. The summed E-state index contributed by atoms with van der Waals surface area (Å²) in [7, 11) is 0. The second-order valence-electron chi connectivity index (χ2n) is 8.54. The van der Waals surface area contributed by atoms with Crippen molar-refractivity contribution in [3.8, 4) is 0 Å². The van der Waals surface area contributed by atoms with E-state index in [1.165, 1.54) is 6.07 Å². The molecule has 0 radical (unpaired) electrons. The lowest BCUT2D eigenvalue weighted by Crippen LogP contribution is -2.40. The molecule has 1 aliphatic heterocycles. The number of nitrogens with zero attached hydrogens (tertiary/aromatic N) is 2. The van der Waals surface area contributed by atoms with Crippen LogP contribution in [0.5, 0.6) is 0 Å². The number of nitrogens with one attached hydrogen (secondary N) is 2. The summed E-state index contributed by atoms with van der Waals surface area (Å²) in [4.78, 5) is 37.2. The number of nitro groups is 1. The first-order chi connectivity index (χ1) is 15.4. The summed E-state index contributed by atoms with van der Waals surface area (Å²) in [5.41, 5.74) is 7.69. The van der Waals surface area contributed by atoms with Crippen molar-refractivity contribution in [2.45, 2.75) is 38.3 Å². The molecule has 2 aliphatic rings. The highest BCUT2D eigenvalue weighted by molar-refractivity contribution is 6.05. The van der Waals surface area contributed by atoms with Crippen LogP contribution >= 0.6 is 0 Å². The Morgan fingerprint density at radius 2 is 1.88 bits per heavy atom. The Balaban J connectivity index is 1.38. The number of primary amides is 1. The average molecular weight is 438 g/mol.